The van der Waals surface area contributed by atoms with E-state index in [0.717, 1.165) is 0 Å². The molecule has 0 aromatic carbocycles. The molecule has 0 atom stereocenters. The first-order valence-corrected chi connectivity index (χ1v) is 3.64. The Bertz CT molecular complexity index is 100. The molecular weight excluding hydrogens is 182 g/mol. The molecule has 4 heteroatoms. The zero-order valence-electron chi connectivity index (χ0n) is 4.90. The highest BCUT2D eigenvalue weighted by molar-refractivity contribution is 6.50. The molecule has 0 saturated heterocycles. The lowest BCUT2D eigenvalue weighted by molar-refractivity contribution is 0.199. The summed E-state index contributed by atoms with van der Waals surface area (Å²) in [4.78, 5) is 0. The maximum atomic E-state index is 5.46. The molecule has 0 rings (SSSR count). The van der Waals surface area contributed by atoms with Crippen LogP contribution in [-0.4, -0.2) is 10.4 Å². The van der Waals surface area contributed by atoms with Crippen molar-refractivity contribution in [1.29, 1.82) is 0 Å². The Hall–Kier alpha value is 0.410. The highest BCUT2D eigenvalue weighted by Gasteiger charge is 2.21. The zero-order chi connectivity index (χ0) is 7.33. The van der Waals surface area contributed by atoms with Gasteiger partial charge in [0.15, 0.2) is 0 Å². The fourth-order valence-electron chi connectivity index (χ4n) is 0.199. The Kier molecular flexibility index (Phi) is 4.46. The summed E-state index contributed by atoms with van der Waals surface area (Å²) in [7, 11) is 0. The van der Waals surface area contributed by atoms with Gasteiger partial charge in [-0.2, -0.15) is 0 Å². The minimum Gasteiger partial charge on any atom is -0.465 e. The molecule has 0 radical (unpaired) electrons. The van der Waals surface area contributed by atoms with Crippen LogP contribution in [0.3, 0.4) is 0 Å². The Morgan fingerprint density at radius 2 is 2.11 bits per heavy atom. The highest BCUT2D eigenvalue weighted by Crippen LogP contribution is 2.23. The van der Waals surface area contributed by atoms with Gasteiger partial charge in [-0.25, -0.2) is 0 Å². The average Bonchev–Trinajstić information content (AvgIpc) is 1.84. The van der Waals surface area contributed by atoms with Gasteiger partial charge in [0.05, 0.1) is 12.1 Å². The Morgan fingerprint density at radius 1 is 1.56 bits per heavy atom. The maximum Gasteiger partial charge on any atom is 0.270 e. The van der Waals surface area contributed by atoms with Gasteiger partial charge in [0.25, 0.3) is 4.52 Å². The number of allylic oxidation sites excluding steroid dienone is 1. The second-order valence-electron chi connectivity index (χ2n) is 1.36. The smallest absolute Gasteiger partial charge is 0.270 e. The van der Waals surface area contributed by atoms with Gasteiger partial charge in [0.1, 0.15) is 0 Å². The molecule has 0 unspecified atom stereocenters. The Labute approximate surface area is 69.5 Å². The van der Waals surface area contributed by atoms with Gasteiger partial charge in [0, 0.05) is 0 Å². The van der Waals surface area contributed by atoms with Crippen LogP contribution < -0.4 is 0 Å². The standard InChI is InChI=1S/C5H7Cl3O/c1-2-3-9-5(7,8)4-6/h2-3H,4H2,1H3/b3-2+. The predicted octanol–water partition coefficient (Wildman–Crippen LogP) is 2.91. The van der Waals surface area contributed by atoms with Crippen molar-refractivity contribution in [3.05, 3.63) is 12.3 Å². The maximum absolute atomic E-state index is 5.46. The van der Waals surface area contributed by atoms with Gasteiger partial charge in [0.2, 0.25) is 0 Å². The van der Waals surface area contributed by atoms with Crippen LogP contribution in [0.2, 0.25) is 0 Å². The summed E-state index contributed by atoms with van der Waals surface area (Å²) in [6.07, 6.45) is 3.06. The predicted molar refractivity (Wildman–Crippen MR) is 41.1 cm³/mol. The first-order chi connectivity index (χ1) is 4.12. The van der Waals surface area contributed by atoms with E-state index in [1.54, 1.807) is 13.0 Å². The van der Waals surface area contributed by atoms with Gasteiger partial charge in [-0.1, -0.05) is 29.3 Å². The fraction of sp³-hybridized carbons (Fsp3) is 0.600. The van der Waals surface area contributed by atoms with E-state index in [2.05, 4.69) is 0 Å². The summed E-state index contributed by atoms with van der Waals surface area (Å²) in [5, 5.41) is 0. The molecule has 0 saturated carbocycles. The van der Waals surface area contributed by atoms with Crippen LogP contribution in [0.5, 0.6) is 0 Å². The van der Waals surface area contributed by atoms with E-state index in [9.17, 15) is 0 Å². The molecule has 1 nitrogen and oxygen atoms in total. The lowest BCUT2D eigenvalue weighted by Gasteiger charge is -2.14. The lowest BCUT2D eigenvalue weighted by atomic mass is 10.7. The first-order valence-electron chi connectivity index (χ1n) is 2.35. The van der Waals surface area contributed by atoms with Gasteiger partial charge >= 0.3 is 0 Å². The van der Waals surface area contributed by atoms with E-state index in [-0.39, 0.29) is 5.88 Å². The number of halogens is 3. The number of hydrogen-bond donors (Lipinski definition) is 0. The van der Waals surface area contributed by atoms with Crippen molar-refractivity contribution in [1.82, 2.24) is 0 Å². The van der Waals surface area contributed by atoms with Crippen molar-refractivity contribution >= 4 is 34.8 Å². The van der Waals surface area contributed by atoms with E-state index in [4.69, 9.17) is 39.5 Å². The lowest BCUT2D eigenvalue weighted by Crippen LogP contribution is -2.16. The van der Waals surface area contributed by atoms with Crippen LogP contribution >= 0.6 is 34.8 Å². The number of rotatable bonds is 3. The molecule has 0 fully saturated rings. The van der Waals surface area contributed by atoms with Gasteiger partial charge in [-0.05, 0) is 6.92 Å². The largest absolute Gasteiger partial charge is 0.465 e. The second-order valence-corrected chi connectivity index (χ2v) is 3.04. The summed E-state index contributed by atoms with van der Waals surface area (Å²) in [6.45, 7) is 1.79. The monoisotopic (exact) mass is 188 g/mol. The fourth-order valence-corrected chi connectivity index (χ4v) is 0.365. The molecule has 0 aliphatic rings. The molecule has 0 aliphatic heterocycles. The summed E-state index contributed by atoms with van der Waals surface area (Å²) >= 11 is 16.2. The minimum absolute atomic E-state index is 0.0421. The van der Waals surface area contributed by atoms with Crippen LogP contribution in [0.25, 0.3) is 0 Å². The summed E-state index contributed by atoms with van der Waals surface area (Å²) in [6, 6.07) is 0. The van der Waals surface area contributed by atoms with E-state index in [1.165, 1.54) is 6.26 Å². The number of alkyl halides is 3. The van der Waals surface area contributed by atoms with Crippen LogP contribution in [-0.2, 0) is 4.74 Å². The third-order valence-corrected chi connectivity index (χ3v) is 1.63. The van der Waals surface area contributed by atoms with Crippen molar-refractivity contribution in [2.24, 2.45) is 0 Å². The number of ether oxygens (including phenoxy) is 1. The molecular formula is C5H7Cl3O. The Balaban J connectivity index is 3.58. The first kappa shape index (κ1) is 9.41. The van der Waals surface area contributed by atoms with Gasteiger partial charge in [-0.15, -0.1) is 11.6 Å². The van der Waals surface area contributed by atoms with Crippen molar-refractivity contribution in [3.63, 3.8) is 0 Å². The molecule has 9 heavy (non-hydrogen) atoms. The molecule has 0 aromatic heterocycles. The molecule has 0 bridgehead atoms. The van der Waals surface area contributed by atoms with E-state index in [0.29, 0.717) is 0 Å². The van der Waals surface area contributed by atoms with Crippen LogP contribution in [0.4, 0.5) is 0 Å². The quantitative estimate of drug-likeness (QED) is 0.490. The van der Waals surface area contributed by atoms with Crippen molar-refractivity contribution < 1.29 is 4.74 Å². The van der Waals surface area contributed by atoms with E-state index >= 15 is 0 Å². The normalized spacial score (nSPS) is 12.4. The second kappa shape index (κ2) is 4.26. The van der Waals surface area contributed by atoms with E-state index < -0.39 is 4.52 Å². The number of hydrogen-bond acceptors (Lipinski definition) is 1. The van der Waals surface area contributed by atoms with Gasteiger partial charge < -0.3 is 4.74 Å². The van der Waals surface area contributed by atoms with Crippen molar-refractivity contribution in [2.75, 3.05) is 5.88 Å². The average molecular weight is 189 g/mol. The molecule has 54 valence electrons. The van der Waals surface area contributed by atoms with Crippen LogP contribution in [0.15, 0.2) is 12.3 Å². The molecule has 0 amide bonds. The molecule has 0 spiro atoms. The zero-order valence-corrected chi connectivity index (χ0v) is 7.17. The molecule has 0 aromatic rings. The summed E-state index contributed by atoms with van der Waals surface area (Å²) in [5.41, 5.74) is 0. The van der Waals surface area contributed by atoms with E-state index in [1.807, 2.05) is 0 Å². The van der Waals surface area contributed by atoms with Gasteiger partial charge in [-0.3, -0.25) is 0 Å². The third-order valence-electron chi connectivity index (χ3n) is 0.532. The van der Waals surface area contributed by atoms with Crippen molar-refractivity contribution in [2.45, 2.75) is 11.4 Å². The van der Waals surface area contributed by atoms with Crippen LogP contribution in [0, 0.1) is 0 Å². The minimum atomic E-state index is -1.28. The molecule has 0 heterocycles. The topological polar surface area (TPSA) is 9.23 Å². The third kappa shape index (κ3) is 4.89. The van der Waals surface area contributed by atoms with Crippen molar-refractivity contribution in [3.8, 4) is 0 Å². The summed E-state index contributed by atoms with van der Waals surface area (Å²) in [5.74, 6) is 0.0421. The summed E-state index contributed by atoms with van der Waals surface area (Å²) < 4.78 is 3.46. The SMILES string of the molecule is C/C=C/OC(Cl)(Cl)CCl. The molecule has 0 N–H and O–H groups in total. The molecule has 0 aliphatic carbocycles. The Morgan fingerprint density at radius 3 is 2.44 bits per heavy atom. The van der Waals surface area contributed by atoms with Crippen LogP contribution in [0.1, 0.15) is 6.92 Å². The highest BCUT2D eigenvalue weighted by atomic mass is 35.5.